The first kappa shape index (κ1) is 21.6. The van der Waals surface area contributed by atoms with Gasteiger partial charge in [0.25, 0.3) is 0 Å². The molecule has 0 aromatic heterocycles. The molecule has 1 aromatic rings. The highest BCUT2D eigenvalue weighted by molar-refractivity contribution is 5.79. The number of nitrogens with one attached hydrogen (secondary N) is 2. The number of aliphatic imine (C=N–C) groups is 1. The Morgan fingerprint density at radius 2 is 1.77 bits per heavy atom. The average molecular weight is 364 g/mol. The van der Waals surface area contributed by atoms with Gasteiger partial charge in [-0.3, -0.25) is 4.99 Å². The van der Waals surface area contributed by atoms with Gasteiger partial charge in [0, 0.05) is 33.7 Å². The fraction of sp³-hybridized carbons (Fsp3) is 0.579. The SMILES string of the molecule is CN=C(NCCc1ccc(OC)cc1)NCCN(C)C(=O)OC(C)(C)C. The van der Waals surface area contributed by atoms with Crippen molar-refractivity contribution < 1.29 is 14.3 Å². The maximum atomic E-state index is 11.9. The summed E-state index contributed by atoms with van der Waals surface area (Å²) in [5.74, 6) is 1.56. The second kappa shape index (κ2) is 10.5. The van der Waals surface area contributed by atoms with Crippen molar-refractivity contribution in [1.29, 1.82) is 0 Å². The van der Waals surface area contributed by atoms with Crippen molar-refractivity contribution >= 4 is 12.1 Å². The van der Waals surface area contributed by atoms with Crippen LogP contribution in [0.1, 0.15) is 26.3 Å². The smallest absolute Gasteiger partial charge is 0.410 e. The van der Waals surface area contributed by atoms with Gasteiger partial charge < -0.3 is 25.0 Å². The number of ether oxygens (including phenoxy) is 2. The van der Waals surface area contributed by atoms with Gasteiger partial charge in [-0.25, -0.2) is 4.79 Å². The number of carbonyl (C=O) groups is 1. The van der Waals surface area contributed by atoms with Gasteiger partial charge in [-0.15, -0.1) is 0 Å². The molecule has 0 saturated heterocycles. The van der Waals surface area contributed by atoms with E-state index in [1.54, 1.807) is 26.1 Å². The number of rotatable bonds is 7. The molecule has 1 aromatic carbocycles. The van der Waals surface area contributed by atoms with E-state index in [1.165, 1.54) is 5.56 Å². The number of nitrogens with zero attached hydrogens (tertiary/aromatic N) is 2. The third-order valence-corrected chi connectivity index (χ3v) is 3.53. The summed E-state index contributed by atoms with van der Waals surface area (Å²) in [6.07, 6.45) is 0.546. The van der Waals surface area contributed by atoms with Crippen LogP contribution in [0.3, 0.4) is 0 Å². The predicted octanol–water partition coefficient (Wildman–Crippen LogP) is 2.27. The molecule has 0 radical (unpaired) electrons. The molecule has 0 aliphatic carbocycles. The van der Waals surface area contributed by atoms with Crippen molar-refractivity contribution in [1.82, 2.24) is 15.5 Å². The molecule has 0 aliphatic heterocycles. The topological polar surface area (TPSA) is 75.2 Å². The van der Waals surface area contributed by atoms with Crippen LogP contribution in [0.25, 0.3) is 0 Å². The van der Waals surface area contributed by atoms with Gasteiger partial charge in [0.15, 0.2) is 5.96 Å². The Bertz CT molecular complexity index is 579. The van der Waals surface area contributed by atoms with Crippen LogP contribution in [0.5, 0.6) is 5.75 Å². The van der Waals surface area contributed by atoms with Crippen LogP contribution in [0, 0.1) is 0 Å². The van der Waals surface area contributed by atoms with Crippen LogP contribution in [0.15, 0.2) is 29.3 Å². The highest BCUT2D eigenvalue weighted by Crippen LogP contribution is 2.11. The molecule has 26 heavy (non-hydrogen) atoms. The molecule has 0 spiro atoms. The molecule has 0 atom stereocenters. The van der Waals surface area contributed by atoms with E-state index in [0.717, 1.165) is 18.7 Å². The zero-order valence-electron chi connectivity index (χ0n) is 16.8. The number of hydrogen-bond donors (Lipinski definition) is 2. The Balaban J connectivity index is 2.29. The molecule has 7 heteroatoms. The molecule has 0 bridgehead atoms. The normalized spacial score (nSPS) is 11.7. The zero-order chi connectivity index (χ0) is 19.6. The van der Waals surface area contributed by atoms with Gasteiger partial charge >= 0.3 is 6.09 Å². The third kappa shape index (κ3) is 8.60. The van der Waals surface area contributed by atoms with Crippen LogP contribution in [-0.4, -0.2) is 63.4 Å². The lowest BCUT2D eigenvalue weighted by atomic mass is 10.1. The molecule has 1 amide bonds. The fourth-order valence-corrected chi connectivity index (χ4v) is 2.11. The molecule has 2 N–H and O–H groups in total. The molecule has 0 saturated carbocycles. The summed E-state index contributed by atoms with van der Waals surface area (Å²) in [4.78, 5) is 17.6. The third-order valence-electron chi connectivity index (χ3n) is 3.53. The highest BCUT2D eigenvalue weighted by atomic mass is 16.6. The first-order chi connectivity index (χ1) is 12.2. The summed E-state index contributed by atoms with van der Waals surface area (Å²) >= 11 is 0. The van der Waals surface area contributed by atoms with Crippen molar-refractivity contribution in [2.24, 2.45) is 4.99 Å². The Hall–Kier alpha value is -2.44. The molecule has 146 valence electrons. The monoisotopic (exact) mass is 364 g/mol. The minimum atomic E-state index is -0.488. The van der Waals surface area contributed by atoms with E-state index >= 15 is 0 Å². The first-order valence-corrected chi connectivity index (χ1v) is 8.76. The quantitative estimate of drug-likeness (QED) is 0.573. The van der Waals surface area contributed by atoms with Crippen LogP contribution in [-0.2, 0) is 11.2 Å². The predicted molar refractivity (Wildman–Crippen MR) is 105 cm³/mol. The van der Waals surface area contributed by atoms with E-state index in [-0.39, 0.29) is 6.09 Å². The molecule has 0 unspecified atom stereocenters. The number of carbonyl (C=O) groups excluding carboxylic acids is 1. The Morgan fingerprint density at radius 1 is 1.15 bits per heavy atom. The van der Waals surface area contributed by atoms with Crippen molar-refractivity contribution in [2.45, 2.75) is 32.8 Å². The van der Waals surface area contributed by atoms with E-state index in [0.29, 0.717) is 19.0 Å². The lowest BCUT2D eigenvalue weighted by molar-refractivity contribution is 0.0302. The van der Waals surface area contributed by atoms with Gasteiger partial charge in [-0.2, -0.15) is 0 Å². The number of amides is 1. The minimum Gasteiger partial charge on any atom is -0.497 e. The lowest BCUT2D eigenvalue weighted by Crippen LogP contribution is -2.43. The van der Waals surface area contributed by atoms with E-state index in [2.05, 4.69) is 15.6 Å². The van der Waals surface area contributed by atoms with Crippen molar-refractivity contribution in [3.63, 3.8) is 0 Å². The Labute approximate surface area is 156 Å². The fourth-order valence-electron chi connectivity index (χ4n) is 2.11. The Kier molecular flexibility index (Phi) is 8.75. The summed E-state index contributed by atoms with van der Waals surface area (Å²) < 4.78 is 10.5. The second-order valence-electron chi connectivity index (χ2n) is 6.93. The number of methoxy groups -OCH3 is 1. The van der Waals surface area contributed by atoms with Crippen LogP contribution < -0.4 is 15.4 Å². The van der Waals surface area contributed by atoms with Gasteiger partial charge in [0.05, 0.1) is 7.11 Å². The number of benzene rings is 1. The molecular weight excluding hydrogens is 332 g/mol. The van der Waals surface area contributed by atoms with Gasteiger partial charge in [-0.05, 0) is 44.9 Å². The van der Waals surface area contributed by atoms with Crippen LogP contribution >= 0.6 is 0 Å². The highest BCUT2D eigenvalue weighted by Gasteiger charge is 2.19. The summed E-state index contributed by atoms with van der Waals surface area (Å²) in [6.45, 7) is 7.42. The van der Waals surface area contributed by atoms with Gasteiger partial charge in [0.2, 0.25) is 0 Å². The van der Waals surface area contributed by atoms with Gasteiger partial charge in [0.1, 0.15) is 11.4 Å². The summed E-state index contributed by atoms with van der Waals surface area (Å²) in [5.41, 5.74) is 0.732. The molecule has 0 fully saturated rings. The second-order valence-corrected chi connectivity index (χ2v) is 6.93. The zero-order valence-corrected chi connectivity index (χ0v) is 16.8. The molecule has 7 nitrogen and oxygen atoms in total. The largest absolute Gasteiger partial charge is 0.497 e. The van der Waals surface area contributed by atoms with Crippen LogP contribution in [0.4, 0.5) is 4.79 Å². The Morgan fingerprint density at radius 3 is 2.31 bits per heavy atom. The summed E-state index contributed by atoms with van der Waals surface area (Å²) in [5, 5.41) is 6.45. The van der Waals surface area contributed by atoms with E-state index < -0.39 is 5.60 Å². The number of likely N-dealkylation sites (N-methyl/N-ethyl adjacent to an activating group) is 1. The van der Waals surface area contributed by atoms with Crippen molar-refractivity contribution in [3.8, 4) is 5.75 Å². The molecule has 1 rings (SSSR count). The minimum absolute atomic E-state index is 0.332. The average Bonchev–Trinajstić information content (AvgIpc) is 2.59. The first-order valence-electron chi connectivity index (χ1n) is 8.76. The molecular formula is C19H32N4O3. The maximum absolute atomic E-state index is 11.9. The van der Waals surface area contributed by atoms with Crippen molar-refractivity contribution in [3.05, 3.63) is 29.8 Å². The summed E-state index contributed by atoms with van der Waals surface area (Å²) in [6, 6.07) is 8.00. The van der Waals surface area contributed by atoms with E-state index in [4.69, 9.17) is 9.47 Å². The number of hydrogen-bond acceptors (Lipinski definition) is 4. The van der Waals surface area contributed by atoms with E-state index in [1.807, 2.05) is 45.0 Å². The standard InChI is InChI=1S/C19H32N4O3/c1-19(2,3)26-18(24)23(5)14-13-22-17(20-4)21-12-11-15-7-9-16(25-6)10-8-15/h7-10H,11-14H2,1-6H3,(H2,20,21,22). The molecule has 0 aliphatic rings. The number of guanidine groups is 1. The summed E-state index contributed by atoms with van der Waals surface area (Å²) in [7, 11) is 5.10. The lowest BCUT2D eigenvalue weighted by Gasteiger charge is -2.24. The van der Waals surface area contributed by atoms with E-state index in [9.17, 15) is 4.79 Å². The van der Waals surface area contributed by atoms with Gasteiger partial charge in [-0.1, -0.05) is 12.1 Å². The van der Waals surface area contributed by atoms with Crippen LogP contribution in [0.2, 0.25) is 0 Å². The van der Waals surface area contributed by atoms with Crippen molar-refractivity contribution in [2.75, 3.05) is 40.8 Å². The molecule has 0 heterocycles. The maximum Gasteiger partial charge on any atom is 0.410 e.